The first-order valence-electron chi connectivity index (χ1n) is 7.95. The van der Waals surface area contributed by atoms with Gasteiger partial charge in [0.25, 0.3) is 0 Å². The standard InChI is InChI=1S/C17H32ClN3/c1-9-13-15(18)14(21(8)20-13)10-17(7,12(2)3)11-19-16(4,5)6/h12,19H,9-11H2,1-8H3. The molecule has 1 heterocycles. The van der Waals surface area contributed by atoms with Crippen molar-refractivity contribution in [2.75, 3.05) is 6.54 Å². The van der Waals surface area contributed by atoms with Crippen LogP contribution in [0.5, 0.6) is 0 Å². The number of nitrogens with zero attached hydrogens (tertiary/aromatic N) is 2. The van der Waals surface area contributed by atoms with Crippen molar-refractivity contribution in [1.29, 1.82) is 0 Å². The summed E-state index contributed by atoms with van der Waals surface area (Å²) in [7, 11) is 2.00. The number of hydrogen-bond donors (Lipinski definition) is 1. The minimum atomic E-state index is 0.126. The predicted octanol–water partition coefficient (Wildman–Crippen LogP) is 4.23. The highest BCUT2D eigenvalue weighted by molar-refractivity contribution is 6.31. The molecule has 0 aliphatic rings. The molecule has 122 valence electrons. The smallest absolute Gasteiger partial charge is 0.0849 e. The van der Waals surface area contributed by atoms with E-state index in [1.165, 1.54) is 0 Å². The normalized spacial score (nSPS) is 15.5. The molecule has 0 amide bonds. The second-order valence-corrected chi connectivity index (χ2v) is 8.15. The molecule has 0 saturated carbocycles. The van der Waals surface area contributed by atoms with Gasteiger partial charge in [0.2, 0.25) is 0 Å². The average molecular weight is 314 g/mol. The first kappa shape index (κ1) is 18.5. The molecule has 0 radical (unpaired) electrons. The second-order valence-electron chi connectivity index (χ2n) is 7.77. The lowest BCUT2D eigenvalue weighted by atomic mass is 9.75. The molecule has 0 bridgehead atoms. The van der Waals surface area contributed by atoms with Crippen LogP contribution in [0.2, 0.25) is 5.02 Å². The summed E-state index contributed by atoms with van der Waals surface area (Å²) in [5.74, 6) is 0.559. The van der Waals surface area contributed by atoms with E-state index in [0.29, 0.717) is 5.92 Å². The molecule has 21 heavy (non-hydrogen) atoms. The lowest BCUT2D eigenvalue weighted by Gasteiger charge is -2.37. The molecule has 0 aliphatic heterocycles. The monoisotopic (exact) mass is 313 g/mol. The summed E-state index contributed by atoms with van der Waals surface area (Å²) in [6.45, 7) is 16.6. The SMILES string of the molecule is CCc1nn(C)c(CC(C)(CNC(C)(C)C)C(C)C)c1Cl. The minimum absolute atomic E-state index is 0.126. The van der Waals surface area contributed by atoms with Crippen molar-refractivity contribution in [1.82, 2.24) is 15.1 Å². The third-order valence-corrected chi connectivity index (χ3v) is 4.93. The molecule has 1 aromatic heterocycles. The van der Waals surface area contributed by atoms with Crippen LogP contribution < -0.4 is 5.32 Å². The summed E-state index contributed by atoms with van der Waals surface area (Å²) in [5, 5.41) is 9.05. The molecule has 0 saturated heterocycles. The van der Waals surface area contributed by atoms with Gasteiger partial charge >= 0.3 is 0 Å². The minimum Gasteiger partial charge on any atom is -0.312 e. The van der Waals surface area contributed by atoms with Crippen LogP contribution in [0.25, 0.3) is 0 Å². The summed E-state index contributed by atoms with van der Waals surface area (Å²) in [6, 6.07) is 0. The quantitative estimate of drug-likeness (QED) is 0.851. The lowest BCUT2D eigenvalue weighted by Crippen LogP contribution is -2.46. The molecule has 1 rings (SSSR count). The Bertz CT molecular complexity index is 471. The van der Waals surface area contributed by atoms with E-state index in [1.54, 1.807) is 0 Å². The van der Waals surface area contributed by atoms with Crippen LogP contribution in [0.3, 0.4) is 0 Å². The van der Waals surface area contributed by atoms with Crippen LogP contribution in [-0.4, -0.2) is 21.9 Å². The Balaban J connectivity index is 3.00. The van der Waals surface area contributed by atoms with Gasteiger partial charge in [-0.2, -0.15) is 5.10 Å². The van der Waals surface area contributed by atoms with Crippen molar-refractivity contribution in [3.8, 4) is 0 Å². The summed E-state index contributed by atoms with van der Waals surface area (Å²) in [4.78, 5) is 0. The Morgan fingerprint density at radius 1 is 1.24 bits per heavy atom. The zero-order chi connectivity index (χ0) is 16.4. The van der Waals surface area contributed by atoms with Gasteiger partial charge in [0, 0.05) is 19.1 Å². The molecular weight excluding hydrogens is 282 g/mol. The Morgan fingerprint density at radius 3 is 2.19 bits per heavy atom. The van der Waals surface area contributed by atoms with Gasteiger partial charge in [0.15, 0.2) is 0 Å². The van der Waals surface area contributed by atoms with E-state index < -0.39 is 0 Å². The van der Waals surface area contributed by atoms with Gasteiger partial charge < -0.3 is 5.32 Å². The van der Waals surface area contributed by atoms with E-state index in [9.17, 15) is 0 Å². The first-order chi connectivity index (χ1) is 9.50. The number of aromatic nitrogens is 2. The zero-order valence-electron chi connectivity index (χ0n) is 15.0. The van der Waals surface area contributed by atoms with Gasteiger partial charge in [0.05, 0.1) is 16.4 Å². The Morgan fingerprint density at radius 2 is 1.81 bits per heavy atom. The van der Waals surface area contributed by atoms with Crippen LogP contribution in [0, 0.1) is 11.3 Å². The molecule has 1 N–H and O–H groups in total. The molecule has 0 spiro atoms. The third kappa shape index (κ3) is 4.72. The highest BCUT2D eigenvalue weighted by Crippen LogP contribution is 2.34. The lowest BCUT2D eigenvalue weighted by molar-refractivity contribution is 0.184. The highest BCUT2D eigenvalue weighted by atomic mass is 35.5. The molecule has 1 aromatic rings. The molecule has 1 atom stereocenters. The average Bonchev–Trinajstić information content (AvgIpc) is 2.62. The number of aryl methyl sites for hydroxylation is 2. The Kier molecular flexibility index (Phi) is 5.91. The second kappa shape index (κ2) is 6.70. The summed E-state index contributed by atoms with van der Waals surface area (Å²) in [6.07, 6.45) is 1.82. The van der Waals surface area contributed by atoms with E-state index >= 15 is 0 Å². The maximum Gasteiger partial charge on any atom is 0.0849 e. The fourth-order valence-electron chi connectivity index (χ4n) is 2.33. The fourth-order valence-corrected chi connectivity index (χ4v) is 2.69. The summed E-state index contributed by atoms with van der Waals surface area (Å²) < 4.78 is 1.96. The van der Waals surface area contributed by atoms with E-state index in [4.69, 9.17) is 11.6 Å². The maximum absolute atomic E-state index is 6.53. The van der Waals surface area contributed by atoms with Crippen molar-refractivity contribution < 1.29 is 0 Å². The van der Waals surface area contributed by atoms with Crippen molar-refractivity contribution in [2.45, 2.75) is 66.8 Å². The molecule has 4 heteroatoms. The van der Waals surface area contributed by atoms with Crippen LogP contribution in [0.4, 0.5) is 0 Å². The molecule has 3 nitrogen and oxygen atoms in total. The van der Waals surface area contributed by atoms with Gasteiger partial charge in [-0.1, -0.05) is 39.3 Å². The van der Waals surface area contributed by atoms with Crippen molar-refractivity contribution >= 4 is 11.6 Å². The molecule has 0 fully saturated rings. The first-order valence-corrected chi connectivity index (χ1v) is 8.33. The summed E-state index contributed by atoms with van der Waals surface area (Å²) in [5.41, 5.74) is 2.43. The van der Waals surface area contributed by atoms with Crippen LogP contribution in [-0.2, 0) is 19.9 Å². The van der Waals surface area contributed by atoms with Gasteiger partial charge in [-0.25, -0.2) is 0 Å². The molecule has 1 unspecified atom stereocenters. The van der Waals surface area contributed by atoms with E-state index in [2.05, 4.69) is 58.9 Å². The Labute approximate surface area is 135 Å². The zero-order valence-corrected chi connectivity index (χ0v) is 15.7. The molecule has 0 aromatic carbocycles. The topological polar surface area (TPSA) is 29.9 Å². The van der Waals surface area contributed by atoms with E-state index in [-0.39, 0.29) is 11.0 Å². The van der Waals surface area contributed by atoms with Gasteiger partial charge in [-0.3, -0.25) is 4.68 Å². The number of nitrogens with one attached hydrogen (secondary N) is 1. The van der Waals surface area contributed by atoms with Crippen molar-refractivity contribution in [2.24, 2.45) is 18.4 Å². The van der Waals surface area contributed by atoms with Crippen LogP contribution in [0.15, 0.2) is 0 Å². The fraction of sp³-hybridized carbons (Fsp3) is 0.824. The summed E-state index contributed by atoms with van der Waals surface area (Å²) >= 11 is 6.53. The van der Waals surface area contributed by atoms with Crippen LogP contribution >= 0.6 is 11.6 Å². The van der Waals surface area contributed by atoms with Gasteiger partial charge in [0.1, 0.15) is 0 Å². The van der Waals surface area contributed by atoms with Crippen molar-refractivity contribution in [3.05, 3.63) is 16.4 Å². The number of rotatable bonds is 6. The van der Waals surface area contributed by atoms with Crippen molar-refractivity contribution in [3.63, 3.8) is 0 Å². The van der Waals surface area contributed by atoms with Gasteiger partial charge in [-0.05, 0) is 44.9 Å². The van der Waals surface area contributed by atoms with E-state index in [1.807, 2.05) is 11.7 Å². The molecule has 0 aliphatic carbocycles. The third-order valence-electron chi connectivity index (χ3n) is 4.49. The Hall–Kier alpha value is -0.540. The number of halogens is 1. The predicted molar refractivity (Wildman–Crippen MR) is 92.0 cm³/mol. The maximum atomic E-state index is 6.53. The molecular formula is C17H32ClN3. The highest BCUT2D eigenvalue weighted by Gasteiger charge is 2.32. The number of hydrogen-bond acceptors (Lipinski definition) is 2. The largest absolute Gasteiger partial charge is 0.312 e. The van der Waals surface area contributed by atoms with E-state index in [0.717, 1.165) is 35.8 Å². The van der Waals surface area contributed by atoms with Gasteiger partial charge in [-0.15, -0.1) is 0 Å². The van der Waals surface area contributed by atoms with Crippen LogP contribution in [0.1, 0.15) is 59.9 Å².